The number of rotatable bonds is 5. The summed E-state index contributed by atoms with van der Waals surface area (Å²) in [5.41, 5.74) is 2.50. The molecule has 2 rings (SSSR count). The minimum Gasteiger partial charge on any atom is -0.353 e. The third-order valence-electron chi connectivity index (χ3n) is 3.59. The smallest absolute Gasteiger partial charge is 0.249 e. The summed E-state index contributed by atoms with van der Waals surface area (Å²) >= 11 is 0. The average molecular weight is 305 g/mol. The fourth-order valence-corrected chi connectivity index (χ4v) is 2.46. The SMILES string of the molecule is O=C(CC(=O)NC1CCCCC1)N/N=C/c1ccccc1F. The van der Waals surface area contributed by atoms with Crippen LogP contribution in [0.15, 0.2) is 29.4 Å². The van der Waals surface area contributed by atoms with E-state index in [0.29, 0.717) is 0 Å². The molecule has 2 N–H and O–H groups in total. The Morgan fingerprint density at radius 1 is 1.18 bits per heavy atom. The van der Waals surface area contributed by atoms with Crippen molar-refractivity contribution in [1.82, 2.24) is 10.7 Å². The van der Waals surface area contributed by atoms with Crippen LogP contribution in [-0.2, 0) is 9.59 Å². The molecule has 0 unspecified atom stereocenters. The van der Waals surface area contributed by atoms with Crippen LogP contribution in [-0.4, -0.2) is 24.1 Å². The zero-order valence-corrected chi connectivity index (χ0v) is 12.3. The Kier molecular flexibility index (Phi) is 6.06. The third kappa shape index (κ3) is 5.27. The molecule has 0 spiro atoms. The summed E-state index contributed by atoms with van der Waals surface area (Å²) in [6.07, 6.45) is 6.32. The van der Waals surface area contributed by atoms with Crippen molar-refractivity contribution in [3.05, 3.63) is 35.6 Å². The predicted molar refractivity (Wildman–Crippen MR) is 81.8 cm³/mol. The van der Waals surface area contributed by atoms with Crippen LogP contribution in [0, 0.1) is 5.82 Å². The zero-order valence-electron chi connectivity index (χ0n) is 12.3. The molecule has 118 valence electrons. The molecule has 1 aliphatic rings. The highest BCUT2D eigenvalue weighted by Gasteiger charge is 2.17. The van der Waals surface area contributed by atoms with Crippen LogP contribution in [0.3, 0.4) is 0 Å². The summed E-state index contributed by atoms with van der Waals surface area (Å²) in [6, 6.07) is 6.27. The summed E-state index contributed by atoms with van der Waals surface area (Å²) in [4.78, 5) is 23.3. The van der Waals surface area contributed by atoms with Crippen LogP contribution in [0.1, 0.15) is 44.1 Å². The molecule has 0 bridgehead atoms. The molecular weight excluding hydrogens is 285 g/mol. The minimum atomic E-state index is -0.513. The average Bonchev–Trinajstić information content (AvgIpc) is 2.50. The molecule has 1 aromatic rings. The molecule has 1 aromatic carbocycles. The van der Waals surface area contributed by atoms with Crippen molar-refractivity contribution in [3.8, 4) is 0 Å². The molecule has 22 heavy (non-hydrogen) atoms. The van der Waals surface area contributed by atoms with Crippen LogP contribution in [0.5, 0.6) is 0 Å². The van der Waals surface area contributed by atoms with E-state index >= 15 is 0 Å². The first kappa shape index (κ1) is 16.1. The van der Waals surface area contributed by atoms with Crippen LogP contribution in [0.2, 0.25) is 0 Å². The van der Waals surface area contributed by atoms with Crippen LogP contribution in [0.25, 0.3) is 0 Å². The van der Waals surface area contributed by atoms with Gasteiger partial charge in [-0.1, -0.05) is 37.5 Å². The number of carbonyl (C=O) groups excluding carboxylic acids is 2. The van der Waals surface area contributed by atoms with Gasteiger partial charge in [0, 0.05) is 11.6 Å². The van der Waals surface area contributed by atoms with Gasteiger partial charge in [0.1, 0.15) is 12.2 Å². The fourth-order valence-electron chi connectivity index (χ4n) is 2.46. The lowest BCUT2D eigenvalue weighted by molar-refractivity contribution is -0.129. The Balaban J connectivity index is 1.73. The molecule has 5 nitrogen and oxygen atoms in total. The molecule has 2 amide bonds. The molecule has 0 aromatic heterocycles. The van der Waals surface area contributed by atoms with E-state index in [9.17, 15) is 14.0 Å². The largest absolute Gasteiger partial charge is 0.353 e. The second-order valence-corrected chi connectivity index (χ2v) is 5.39. The fraction of sp³-hybridized carbons (Fsp3) is 0.438. The zero-order chi connectivity index (χ0) is 15.8. The first-order chi connectivity index (χ1) is 10.6. The van der Waals surface area contributed by atoms with E-state index in [0.717, 1.165) is 25.7 Å². The van der Waals surface area contributed by atoms with Crippen molar-refractivity contribution in [2.45, 2.75) is 44.6 Å². The van der Waals surface area contributed by atoms with Gasteiger partial charge in [-0.15, -0.1) is 0 Å². The molecule has 1 saturated carbocycles. The Labute approximate surface area is 129 Å². The number of nitrogens with zero attached hydrogens (tertiary/aromatic N) is 1. The maximum atomic E-state index is 13.3. The van der Waals surface area contributed by atoms with Crippen molar-refractivity contribution in [3.63, 3.8) is 0 Å². The Morgan fingerprint density at radius 2 is 1.91 bits per heavy atom. The standard InChI is InChI=1S/C16H20FN3O2/c17-14-9-5-4-6-12(14)11-18-20-16(22)10-15(21)19-13-7-2-1-3-8-13/h4-6,9,11,13H,1-3,7-8,10H2,(H,19,21)(H,20,22)/b18-11+. The monoisotopic (exact) mass is 305 g/mol. The molecule has 1 aliphatic carbocycles. The van der Waals surface area contributed by atoms with E-state index in [4.69, 9.17) is 0 Å². The number of nitrogens with one attached hydrogen (secondary N) is 2. The van der Waals surface area contributed by atoms with Crippen molar-refractivity contribution in [2.75, 3.05) is 0 Å². The number of hydrogen-bond donors (Lipinski definition) is 2. The van der Waals surface area contributed by atoms with E-state index < -0.39 is 11.7 Å². The molecular formula is C16H20FN3O2. The Morgan fingerprint density at radius 3 is 2.64 bits per heavy atom. The number of carbonyl (C=O) groups is 2. The predicted octanol–water partition coefficient (Wildman–Crippen LogP) is 2.11. The van der Waals surface area contributed by atoms with Gasteiger partial charge in [0.05, 0.1) is 6.21 Å². The van der Waals surface area contributed by atoms with Gasteiger partial charge in [-0.2, -0.15) is 5.10 Å². The van der Waals surface area contributed by atoms with Gasteiger partial charge in [0.15, 0.2) is 0 Å². The van der Waals surface area contributed by atoms with E-state index in [1.54, 1.807) is 18.2 Å². The Hall–Kier alpha value is -2.24. The van der Waals surface area contributed by atoms with Crippen molar-refractivity contribution in [2.24, 2.45) is 5.10 Å². The van der Waals surface area contributed by atoms with Gasteiger partial charge in [-0.3, -0.25) is 9.59 Å². The normalized spacial score (nSPS) is 15.7. The molecule has 1 fully saturated rings. The lowest BCUT2D eigenvalue weighted by atomic mass is 9.95. The molecule has 0 aliphatic heterocycles. The summed E-state index contributed by atoms with van der Waals surface area (Å²) in [6.45, 7) is 0. The van der Waals surface area contributed by atoms with E-state index in [1.165, 1.54) is 18.7 Å². The van der Waals surface area contributed by atoms with Gasteiger partial charge < -0.3 is 5.32 Å². The first-order valence-corrected chi connectivity index (χ1v) is 7.51. The maximum Gasteiger partial charge on any atom is 0.249 e. The highest BCUT2D eigenvalue weighted by Crippen LogP contribution is 2.17. The van der Waals surface area contributed by atoms with Gasteiger partial charge >= 0.3 is 0 Å². The first-order valence-electron chi connectivity index (χ1n) is 7.51. The number of hydrazone groups is 1. The van der Waals surface area contributed by atoms with Crippen molar-refractivity contribution in [1.29, 1.82) is 0 Å². The van der Waals surface area contributed by atoms with Crippen LogP contribution >= 0.6 is 0 Å². The topological polar surface area (TPSA) is 70.6 Å². The van der Waals surface area contributed by atoms with Crippen molar-refractivity contribution < 1.29 is 14.0 Å². The lowest BCUT2D eigenvalue weighted by Crippen LogP contribution is -2.38. The van der Waals surface area contributed by atoms with Crippen LogP contribution < -0.4 is 10.7 Å². The maximum absolute atomic E-state index is 13.3. The van der Waals surface area contributed by atoms with Gasteiger partial charge in [0.2, 0.25) is 11.8 Å². The summed E-state index contributed by atoms with van der Waals surface area (Å²) in [5, 5.41) is 6.51. The molecule has 0 saturated heterocycles. The number of benzene rings is 1. The number of halogens is 1. The summed E-state index contributed by atoms with van der Waals surface area (Å²) in [5.74, 6) is -1.23. The second-order valence-electron chi connectivity index (χ2n) is 5.39. The number of hydrogen-bond acceptors (Lipinski definition) is 3. The molecule has 6 heteroatoms. The van der Waals surface area contributed by atoms with Gasteiger partial charge in [0.25, 0.3) is 0 Å². The quantitative estimate of drug-likeness (QED) is 0.497. The van der Waals surface area contributed by atoms with E-state index in [2.05, 4.69) is 15.8 Å². The van der Waals surface area contributed by atoms with Crippen LogP contribution in [0.4, 0.5) is 4.39 Å². The van der Waals surface area contributed by atoms with Crippen molar-refractivity contribution >= 4 is 18.0 Å². The molecule has 0 atom stereocenters. The highest BCUT2D eigenvalue weighted by atomic mass is 19.1. The second kappa shape index (κ2) is 8.26. The molecule has 0 heterocycles. The Bertz CT molecular complexity index is 554. The lowest BCUT2D eigenvalue weighted by Gasteiger charge is -2.22. The molecule has 0 radical (unpaired) electrons. The third-order valence-corrected chi connectivity index (χ3v) is 3.59. The van der Waals surface area contributed by atoms with E-state index in [-0.39, 0.29) is 23.9 Å². The summed E-state index contributed by atoms with van der Waals surface area (Å²) < 4.78 is 13.3. The van der Waals surface area contributed by atoms with Gasteiger partial charge in [-0.05, 0) is 18.9 Å². The summed E-state index contributed by atoms with van der Waals surface area (Å²) in [7, 11) is 0. The highest BCUT2D eigenvalue weighted by molar-refractivity contribution is 5.97. The number of amides is 2. The minimum absolute atomic E-state index is 0.177. The van der Waals surface area contributed by atoms with Gasteiger partial charge in [-0.25, -0.2) is 9.82 Å². The van der Waals surface area contributed by atoms with E-state index in [1.807, 2.05) is 0 Å².